The third-order valence-corrected chi connectivity index (χ3v) is 7.18. The maximum Gasteiger partial charge on any atom is 0.332 e. The van der Waals surface area contributed by atoms with Gasteiger partial charge in [-0.05, 0) is 62.4 Å². The summed E-state index contributed by atoms with van der Waals surface area (Å²) in [5, 5.41) is 3.14. The number of piperidine rings is 2. The molecule has 2 aliphatic heterocycles. The highest BCUT2D eigenvalue weighted by molar-refractivity contribution is 5.79. The molecular formula is C25H34FN5O3. The molecule has 0 radical (unpaired) electrons. The average Bonchev–Trinajstić information content (AvgIpc) is 2.84. The number of carbonyl (C=O) groups is 1. The van der Waals surface area contributed by atoms with Crippen LogP contribution < -0.4 is 21.5 Å². The third-order valence-electron chi connectivity index (χ3n) is 7.18. The molecule has 1 aromatic heterocycles. The second kappa shape index (κ2) is 10.5. The van der Waals surface area contributed by atoms with Gasteiger partial charge in [0.25, 0.3) is 5.56 Å². The fourth-order valence-corrected chi connectivity index (χ4v) is 5.06. The lowest BCUT2D eigenvalue weighted by Crippen LogP contribution is -2.47. The molecule has 0 spiro atoms. The first-order chi connectivity index (χ1) is 16.3. The minimum Gasteiger partial charge on any atom is -0.357 e. The second-order valence-corrected chi connectivity index (χ2v) is 9.62. The van der Waals surface area contributed by atoms with Crippen molar-refractivity contribution in [3.63, 3.8) is 0 Å². The third kappa shape index (κ3) is 5.58. The predicted molar refractivity (Wildman–Crippen MR) is 129 cm³/mol. The molecule has 1 aromatic carbocycles. The zero-order valence-electron chi connectivity index (χ0n) is 20.0. The summed E-state index contributed by atoms with van der Waals surface area (Å²) in [4.78, 5) is 41.6. The van der Waals surface area contributed by atoms with Crippen LogP contribution in [-0.2, 0) is 25.4 Å². The van der Waals surface area contributed by atoms with Crippen molar-refractivity contribution in [2.45, 2.75) is 32.2 Å². The SMILES string of the molecule is Cn1c(N2CCC[C@H](C(=O)NCC3CCN(Cc4cccc(F)c4)CC3)C2)cc(=O)n(C)c1=O. The number of carbonyl (C=O) groups excluding carboxylic acids is 1. The number of nitrogens with one attached hydrogen (secondary N) is 1. The number of likely N-dealkylation sites (tertiary alicyclic amines) is 1. The van der Waals surface area contributed by atoms with Crippen molar-refractivity contribution in [2.75, 3.05) is 37.6 Å². The highest BCUT2D eigenvalue weighted by Crippen LogP contribution is 2.23. The molecule has 0 aliphatic carbocycles. The van der Waals surface area contributed by atoms with E-state index in [2.05, 4.69) is 10.2 Å². The van der Waals surface area contributed by atoms with Crippen molar-refractivity contribution in [3.8, 4) is 0 Å². The maximum absolute atomic E-state index is 13.4. The molecule has 9 heteroatoms. The normalized spacial score (nSPS) is 19.9. The van der Waals surface area contributed by atoms with Gasteiger partial charge in [-0.2, -0.15) is 0 Å². The van der Waals surface area contributed by atoms with E-state index in [4.69, 9.17) is 0 Å². The number of nitrogens with zero attached hydrogens (tertiary/aromatic N) is 4. The maximum atomic E-state index is 13.4. The lowest BCUT2D eigenvalue weighted by atomic mass is 9.94. The molecule has 3 heterocycles. The van der Waals surface area contributed by atoms with Crippen molar-refractivity contribution in [2.24, 2.45) is 25.9 Å². The Morgan fingerprint density at radius 1 is 1.06 bits per heavy atom. The summed E-state index contributed by atoms with van der Waals surface area (Å²) in [5.41, 5.74) is 0.286. The molecule has 2 aliphatic rings. The molecule has 8 nitrogen and oxygen atoms in total. The fourth-order valence-electron chi connectivity index (χ4n) is 5.06. The number of hydrogen-bond donors (Lipinski definition) is 1. The van der Waals surface area contributed by atoms with Crippen LogP contribution in [-0.4, -0.2) is 52.7 Å². The molecule has 0 saturated carbocycles. The van der Waals surface area contributed by atoms with Crippen LogP contribution in [0, 0.1) is 17.7 Å². The predicted octanol–water partition coefficient (Wildman–Crippen LogP) is 1.47. The van der Waals surface area contributed by atoms with Crippen LogP contribution in [0.5, 0.6) is 0 Å². The fraction of sp³-hybridized carbons (Fsp3) is 0.560. The molecule has 0 bridgehead atoms. The Hall–Kier alpha value is -2.94. The summed E-state index contributed by atoms with van der Waals surface area (Å²) in [6.07, 6.45) is 3.64. The van der Waals surface area contributed by atoms with Gasteiger partial charge in [0.15, 0.2) is 0 Å². The van der Waals surface area contributed by atoms with Gasteiger partial charge in [0, 0.05) is 46.3 Å². The number of aromatic nitrogens is 2. The Bertz CT molecular complexity index is 1140. The van der Waals surface area contributed by atoms with Crippen LogP contribution in [0.3, 0.4) is 0 Å². The van der Waals surface area contributed by atoms with Crippen LogP contribution in [0.25, 0.3) is 0 Å². The minimum absolute atomic E-state index is 0.0423. The molecule has 1 atom stereocenters. The molecule has 2 aromatic rings. The Morgan fingerprint density at radius 3 is 2.56 bits per heavy atom. The summed E-state index contributed by atoms with van der Waals surface area (Å²) < 4.78 is 16.0. The lowest BCUT2D eigenvalue weighted by molar-refractivity contribution is -0.125. The zero-order valence-corrected chi connectivity index (χ0v) is 20.0. The average molecular weight is 472 g/mol. The van der Waals surface area contributed by atoms with Crippen LogP contribution in [0.2, 0.25) is 0 Å². The smallest absolute Gasteiger partial charge is 0.332 e. The first kappa shape index (κ1) is 24.2. The summed E-state index contributed by atoms with van der Waals surface area (Å²) >= 11 is 0. The summed E-state index contributed by atoms with van der Waals surface area (Å²) in [6.45, 7) is 4.50. The summed E-state index contributed by atoms with van der Waals surface area (Å²) in [5.74, 6) is 0.677. The van der Waals surface area contributed by atoms with Gasteiger partial charge >= 0.3 is 5.69 Å². The number of amides is 1. The monoisotopic (exact) mass is 471 g/mol. The Labute approximate surface area is 199 Å². The van der Waals surface area contributed by atoms with Crippen LogP contribution in [0.4, 0.5) is 10.2 Å². The van der Waals surface area contributed by atoms with Gasteiger partial charge in [-0.3, -0.25) is 23.6 Å². The molecule has 4 rings (SSSR count). The Balaban J connectivity index is 1.26. The van der Waals surface area contributed by atoms with E-state index in [-0.39, 0.29) is 28.9 Å². The van der Waals surface area contributed by atoms with Crippen LogP contribution >= 0.6 is 0 Å². The van der Waals surface area contributed by atoms with E-state index < -0.39 is 0 Å². The van der Waals surface area contributed by atoms with E-state index in [1.54, 1.807) is 19.2 Å². The van der Waals surface area contributed by atoms with E-state index in [1.807, 2.05) is 11.0 Å². The number of benzene rings is 1. The highest BCUT2D eigenvalue weighted by Gasteiger charge is 2.28. The summed E-state index contributed by atoms with van der Waals surface area (Å²) in [6, 6.07) is 8.22. The van der Waals surface area contributed by atoms with Crippen molar-refractivity contribution in [3.05, 3.63) is 62.6 Å². The molecule has 2 saturated heterocycles. The van der Waals surface area contributed by atoms with Gasteiger partial charge in [0.1, 0.15) is 11.6 Å². The molecule has 1 N–H and O–H groups in total. The topological polar surface area (TPSA) is 79.6 Å². The molecule has 1 amide bonds. The van der Waals surface area contributed by atoms with E-state index >= 15 is 0 Å². The van der Waals surface area contributed by atoms with E-state index in [0.717, 1.165) is 55.4 Å². The van der Waals surface area contributed by atoms with Gasteiger partial charge in [-0.1, -0.05) is 12.1 Å². The van der Waals surface area contributed by atoms with E-state index in [0.29, 0.717) is 31.4 Å². The van der Waals surface area contributed by atoms with Crippen LogP contribution in [0.15, 0.2) is 39.9 Å². The van der Waals surface area contributed by atoms with Crippen molar-refractivity contribution >= 4 is 11.7 Å². The Morgan fingerprint density at radius 2 is 1.82 bits per heavy atom. The second-order valence-electron chi connectivity index (χ2n) is 9.62. The number of halogens is 1. The first-order valence-electron chi connectivity index (χ1n) is 12.1. The van der Waals surface area contributed by atoms with Crippen molar-refractivity contribution in [1.29, 1.82) is 0 Å². The molecular weight excluding hydrogens is 437 g/mol. The number of anilines is 1. The van der Waals surface area contributed by atoms with Gasteiger partial charge in [-0.25, -0.2) is 9.18 Å². The lowest BCUT2D eigenvalue weighted by Gasteiger charge is -2.35. The molecule has 34 heavy (non-hydrogen) atoms. The molecule has 184 valence electrons. The van der Waals surface area contributed by atoms with Gasteiger partial charge in [0.2, 0.25) is 5.91 Å². The van der Waals surface area contributed by atoms with Gasteiger partial charge in [-0.15, -0.1) is 0 Å². The van der Waals surface area contributed by atoms with E-state index in [9.17, 15) is 18.8 Å². The molecule has 0 unspecified atom stereocenters. The summed E-state index contributed by atoms with van der Waals surface area (Å²) in [7, 11) is 3.12. The van der Waals surface area contributed by atoms with Crippen molar-refractivity contribution in [1.82, 2.24) is 19.4 Å². The van der Waals surface area contributed by atoms with Crippen molar-refractivity contribution < 1.29 is 9.18 Å². The zero-order chi connectivity index (χ0) is 24.2. The molecule has 2 fully saturated rings. The highest BCUT2D eigenvalue weighted by atomic mass is 19.1. The van der Waals surface area contributed by atoms with Crippen LogP contribution in [0.1, 0.15) is 31.2 Å². The largest absolute Gasteiger partial charge is 0.357 e. The number of hydrogen-bond acceptors (Lipinski definition) is 5. The van der Waals surface area contributed by atoms with Gasteiger partial charge in [0.05, 0.1) is 5.92 Å². The number of rotatable bonds is 6. The first-order valence-corrected chi connectivity index (χ1v) is 12.1. The van der Waals surface area contributed by atoms with Gasteiger partial charge < -0.3 is 10.2 Å². The minimum atomic E-state index is -0.363. The van der Waals surface area contributed by atoms with E-state index in [1.165, 1.54) is 23.7 Å². The standard InChI is InChI=1S/C25H34FN5O3/c1-28-22(14-23(32)29(2)25(28)34)31-10-4-6-20(17-31)24(33)27-15-18-8-11-30(12-9-18)16-19-5-3-7-21(26)13-19/h3,5,7,13-14,18,20H,4,6,8-12,15-17H2,1-2H3,(H,27,33)/t20-/m0/s1. The Kier molecular flexibility index (Phi) is 7.50. The quantitative estimate of drug-likeness (QED) is 0.690.